The highest BCUT2D eigenvalue weighted by molar-refractivity contribution is 7.89. The molecule has 0 radical (unpaired) electrons. The van der Waals surface area contributed by atoms with Gasteiger partial charge in [0.1, 0.15) is 10.7 Å². The Morgan fingerprint density at radius 1 is 1.33 bits per heavy atom. The van der Waals surface area contributed by atoms with Crippen molar-refractivity contribution in [3.05, 3.63) is 48.7 Å². The van der Waals surface area contributed by atoms with Crippen molar-refractivity contribution < 1.29 is 22.7 Å². The van der Waals surface area contributed by atoms with Crippen LogP contribution in [0.15, 0.2) is 52.2 Å². The maximum atomic E-state index is 12.0. The van der Waals surface area contributed by atoms with Gasteiger partial charge in [0.15, 0.2) is 0 Å². The monoisotopic (exact) mass is 353 g/mol. The number of carbonyl (C=O) groups is 1. The van der Waals surface area contributed by atoms with E-state index in [0.717, 1.165) is 0 Å². The molecule has 0 aliphatic rings. The van der Waals surface area contributed by atoms with E-state index in [1.807, 2.05) is 0 Å². The summed E-state index contributed by atoms with van der Waals surface area (Å²) in [7, 11) is -3.69. The molecule has 2 aromatic heterocycles. The molecule has 9 heteroatoms. The number of hydrogen-bond acceptors (Lipinski definition) is 6. The van der Waals surface area contributed by atoms with Crippen molar-refractivity contribution in [3.8, 4) is 0 Å². The zero-order valence-electron chi connectivity index (χ0n) is 12.9. The molecule has 0 aliphatic carbocycles. The Hall–Kier alpha value is -2.23. The fourth-order valence-corrected chi connectivity index (χ4v) is 3.05. The van der Waals surface area contributed by atoms with Gasteiger partial charge in [-0.25, -0.2) is 13.1 Å². The van der Waals surface area contributed by atoms with Crippen LogP contribution in [-0.2, 0) is 14.8 Å². The third-order valence-electron chi connectivity index (χ3n) is 3.23. The smallest absolute Gasteiger partial charge is 0.242 e. The van der Waals surface area contributed by atoms with Crippen LogP contribution in [0, 0.1) is 0 Å². The Bertz CT molecular complexity index is 732. The molecule has 0 spiro atoms. The fraction of sp³-hybridized carbons (Fsp3) is 0.333. The number of furan rings is 1. The molecule has 2 rings (SSSR count). The number of carbonyl (C=O) groups excluding carboxylic acids is 1. The first kappa shape index (κ1) is 18.1. The summed E-state index contributed by atoms with van der Waals surface area (Å²) in [5.74, 6) is 0.187. The first-order valence-corrected chi connectivity index (χ1v) is 8.84. The van der Waals surface area contributed by atoms with Gasteiger partial charge in [-0.15, -0.1) is 0 Å². The second-order valence-corrected chi connectivity index (χ2v) is 6.75. The molecule has 8 nitrogen and oxygen atoms in total. The zero-order chi connectivity index (χ0) is 17.4. The Morgan fingerprint density at radius 2 is 2.17 bits per heavy atom. The van der Waals surface area contributed by atoms with Crippen molar-refractivity contribution in [2.75, 3.05) is 13.2 Å². The Labute approximate surface area is 140 Å². The first-order valence-electron chi connectivity index (χ1n) is 7.36. The lowest BCUT2D eigenvalue weighted by molar-refractivity contribution is -0.121. The van der Waals surface area contributed by atoms with Crippen molar-refractivity contribution in [1.29, 1.82) is 0 Å². The van der Waals surface area contributed by atoms with Gasteiger partial charge in [0.05, 0.1) is 12.3 Å². The van der Waals surface area contributed by atoms with Gasteiger partial charge in [-0.1, -0.05) is 0 Å². The van der Waals surface area contributed by atoms with Gasteiger partial charge in [-0.2, -0.15) is 0 Å². The predicted molar refractivity (Wildman–Crippen MR) is 85.3 cm³/mol. The summed E-state index contributed by atoms with van der Waals surface area (Å²) in [5, 5.41) is 11.8. The topological polar surface area (TPSA) is 122 Å². The molecule has 130 valence electrons. The SMILES string of the molecule is O=C(CCNS(=O)(=O)c1cccnc1)NC(CCO)c1ccco1. The van der Waals surface area contributed by atoms with Gasteiger partial charge >= 0.3 is 0 Å². The maximum Gasteiger partial charge on any atom is 0.242 e. The number of sulfonamides is 1. The molecular formula is C15H19N3O5S. The standard InChI is InChI=1S/C15H19N3O5S/c19-9-6-13(14-4-2-10-23-14)18-15(20)5-8-17-24(21,22)12-3-1-7-16-11-12/h1-4,7,10-11,13,17,19H,5-6,8-9H2,(H,18,20). The van der Waals surface area contributed by atoms with Crippen molar-refractivity contribution in [3.63, 3.8) is 0 Å². The second kappa shape index (κ2) is 8.57. The zero-order valence-corrected chi connectivity index (χ0v) is 13.7. The average molecular weight is 353 g/mol. The van der Waals surface area contributed by atoms with Gasteiger partial charge in [-0.05, 0) is 30.7 Å². The fourth-order valence-electron chi connectivity index (χ4n) is 2.06. The van der Waals surface area contributed by atoms with Crippen LogP contribution in [0.4, 0.5) is 0 Å². The number of aliphatic hydroxyl groups is 1. The van der Waals surface area contributed by atoms with Crippen molar-refractivity contribution >= 4 is 15.9 Å². The minimum Gasteiger partial charge on any atom is -0.467 e. The third-order valence-corrected chi connectivity index (χ3v) is 4.67. The molecule has 1 atom stereocenters. The Morgan fingerprint density at radius 3 is 2.79 bits per heavy atom. The van der Waals surface area contributed by atoms with E-state index in [1.54, 1.807) is 12.1 Å². The van der Waals surface area contributed by atoms with Gasteiger partial charge in [0.25, 0.3) is 0 Å². The van der Waals surface area contributed by atoms with Crippen LogP contribution in [-0.4, -0.2) is 37.6 Å². The number of rotatable bonds is 9. The molecule has 0 aliphatic heterocycles. The van der Waals surface area contributed by atoms with Crippen molar-refractivity contribution in [1.82, 2.24) is 15.0 Å². The van der Waals surface area contributed by atoms with Gasteiger partial charge in [-0.3, -0.25) is 9.78 Å². The second-order valence-electron chi connectivity index (χ2n) is 4.98. The highest BCUT2D eigenvalue weighted by Gasteiger charge is 2.18. The maximum absolute atomic E-state index is 12.0. The summed E-state index contributed by atoms with van der Waals surface area (Å²) in [6.45, 7) is -0.160. The number of amides is 1. The van der Waals surface area contributed by atoms with Gasteiger partial charge < -0.3 is 14.8 Å². The van der Waals surface area contributed by atoms with E-state index in [9.17, 15) is 13.2 Å². The Kier molecular flexibility index (Phi) is 6.47. The van der Waals surface area contributed by atoms with E-state index in [-0.39, 0.29) is 30.4 Å². The number of aliphatic hydroxyl groups excluding tert-OH is 1. The lowest BCUT2D eigenvalue weighted by Crippen LogP contribution is -2.33. The van der Waals surface area contributed by atoms with Crippen LogP contribution < -0.4 is 10.0 Å². The van der Waals surface area contributed by atoms with E-state index >= 15 is 0 Å². The lowest BCUT2D eigenvalue weighted by Gasteiger charge is -2.15. The van der Waals surface area contributed by atoms with E-state index in [2.05, 4.69) is 15.0 Å². The highest BCUT2D eigenvalue weighted by Crippen LogP contribution is 2.16. The quantitative estimate of drug-likeness (QED) is 0.606. The van der Waals surface area contributed by atoms with Gasteiger partial charge in [0, 0.05) is 32.0 Å². The molecule has 0 fully saturated rings. The van der Waals surface area contributed by atoms with Crippen LogP contribution in [0.5, 0.6) is 0 Å². The third kappa shape index (κ3) is 5.15. The van der Waals surface area contributed by atoms with Crippen LogP contribution in [0.3, 0.4) is 0 Å². The summed E-state index contributed by atoms with van der Waals surface area (Å²) in [4.78, 5) is 15.8. The van der Waals surface area contributed by atoms with Crippen LogP contribution in [0.2, 0.25) is 0 Å². The molecule has 0 saturated heterocycles. The summed E-state index contributed by atoms with van der Waals surface area (Å²) in [5.41, 5.74) is 0. The van der Waals surface area contributed by atoms with E-state index < -0.39 is 16.1 Å². The highest BCUT2D eigenvalue weighted by atomic mass is 32.2. The molecular weight excluding hydrogens is 334 g/mol. The minimum atomic E-state index is -3.69. The van der Waals surface area contributed by atoms with E-state index in [0.29, 0.717) is 12.2 Å². The van der Waals surface area contributed by atoms with Crippen LogP contribution >= 0.6 is 0 Å². The largest absolute Gasteiger partial charge is 0.467 e. The molecule has 2 heterocycles. The van der Waals surface area contributed by atoms with Crippen LogP contribution in [0.25, 0.3) is 0 Å². The molecule has 0 saturated carbocycles. The number of nitrogens with zero attached hydrogens (tertiary/aromatic N) is 1. The molecule has 24 heavy (non-hydrogen) atoms. The summed E-state index contributed by atoms with van der Waals surface area (Å²) in [6.07, 6.45) is 4.45. The molecule has 0 bridgehead atoms. The number of nitrogens with one attached hydrogen (secondary N) is 2. The van der Waals surface area contributed by atoms with Crippen molar-refractivity contribution in [2.24, 2.45) is 0 Å². The van der Waals surface area contributed by atoms with E-state index in [1.165, 1.54) is 30.8 Å². The molecule has 3 N–H and O–H groups in total. The average Bonchev–Trinajstić information content (AvgIpc) is 3.09. The number of pyridine rings is 1. The molecule has 2 aromatic rings. The predicted octanol–water partition coefficient (Wildman–Crippen LogP) is 0.583. The summed E-state index contributed by atoms with van der Waals surface area (Å²) >= 11 is 0. The van der Waals surface area contributed by atoms with E-state index in [4.69, 9.17) is 9.52 Å². The first-order chi connectivity index (χ1) is 11.5. The van der Waals surface area contributed by atoms with Crippen molar-refractivity contribution in [2.45, 2.75) is 23.8 Å². The number of hydrogen-bond donors (Lipinski definition) is 3. The minimum absolute atomic E-state index is 0.0396. The molecule has 1 amide bonds. The van der Waals surface area contributed by atoms with Crippen LogP contribution in [0.1, 0.15) is 24.6 Å². The molecule has 1 unspecified atom stereocenters. The normalized spacial score (nSPS) is 12.7. The number of aromatic nitrogens is 1. The summed E-state index contributed by atoms with van der Waals surface area (Å²) < 4.78 is 31.6. The lowest BCUT2D eigenvalue weighted by atomic mass is 10.1. The molecule has 0 aromatic carbocycles. The van der Waals surface area contributed by atoms with Gasteiger partial charge in [0.2, 0.25) is 15.9 Å². The summed E-state index contributed by atoms with van der Waals surface area (Å²) in [6, 6.07) is 5.88. The Balaban J connectivity index is 1.84.